The summed E-state index contributed by atoms with van der Waals surface area (Å²) >= 11 is 0. The largest absolute Gasteiger partial charge is 0.490 e. The quantitative estimate of drug-likeness (QED) is 0.582. The summed E-state index contributed by atoms with van der Waals surface area (Å²) in [6, 6.07) is 3.22. The molecule has 3 rings (SSSR count). The van der Waals surface area contributed by atoms with Crippen LogP contribution in [0.5, 0.6) is 5.75 Å². The zero-order valence-electron chi connectivity index (χ0n) is 13.0. The molecule has 2 aliphatic rings. The number of halogens is 2. The van der Waals surface area contributed by atoms with Crippen LogP contribution in [-0.2, 0) is 6.42 Å². The number of hydrogen-bond donors (Lipinski definition) is 0. The van der Waals surface area contributed by atoms with Crippen molar-refractivity contribution in [3.8, 4) is 5.75 Å². The lowest BCUT2D eigenvalue weighted by Crippen LogP contribution is -2.15. The fourth-order valence-electron chi connectivity index (χ4n) is 2.81. The average Bonchev–Trinajstić information content (AvgIpc) is 3.28. The zero-order valence-corrected chi connectivity index (χ0v) is 13.0. The van der Waals surface area contributed by atoms with Crippen LogP contribution in [0.3, 0.4) is 0 Å². The summed E-state index contributed by atoms with van der Waals surface area (Å²) in [6.07, 6.45) is 12.8. The summed E-state index contributed by atoms with van der Waals surface area (Å²) in [7, 11) is 0. The highest BCUT2D eigenvalue weighted by atomic mass is 19.2. The van der Waals surface area contributed by atoms with Crippen LogP contribution in [0.4, 0.5) is 8.78 Å². The molecule has 2 saturated carbocycles. The van der Waals surface area contributed by atoms with Gasteiger partial charge in [0.25, 0.3) is 0 Å². The summed E-state index contributed by atoms with van der Waals surface area (Å²) in [6.45, 7) is 0.477. The van der Waals surface area contributed by atoms with Crippen molar-refractivity contribution in [3.05, 3.63) is 41.5 Å². The second-order valence-electron chi connectivity index (χ2n) is 6.59. The zero-order chi connectivity index (χ0) is 15.4. The van der Waals surface area contributed by atoms with E-state index in [0.29, 0.717) is 24.5 Å². The molecule has 0 N–H and O–H groups in total. The number of aryl methyl sites for hydroxylation is 1. The van der Waals surface area contributed by atoms with Gasteiger partial charge in [0.15, 0.2) is 11.6 Å². The van der Waals surface area contributed by atoms with E-state index < -0.39 is 11.6 Å². The van der Waals surface area contributed by atoms with Crippen molar-refractivity contribution in [2.75, 3.05) is 6.61 Å². The average molecular weight is 306 g/mol. The minimum atomic E-state index is -0.836. The van der Waals surface area contributed by atoms with E-state index >= 15 is 0 Å². The molecule has 2 fully saturated rings. The van der Waals surface area contributed by atoms with Gasteiger partial charge in [-0.15, -0.1) is 0 Å². The normalized spacial score (nSPS) is 18.6. The van der Waals surface area contributed by atoms with Crippen LogP contribution in [0.25, 0.3) is 0 Å². The maximum Gasteiger partial charge on any atom is 0.200 e. The van der Waals surface area contributed by atoms with Crippen LogP contribution in [0, 0.1) is 23.5 Å². The van der Waals surface area contributed by atoms with Gasteiger partial charge in [0.05, 0.1) is 6.61 Å². The fraction of sp³-hybridized carbons (Fsp3) is 0.579. The maximum atomic E-state index is 14.0. The highest BCUT2D eigenvalue weighted by Gasteiger charge is 2.19. The molecule has 3 heteroatoms. The predicted molar refractivity (Wildman–Crippen MR) is 84.0 cm³/mol. The Labute approximate surface area is 131 Å². The second-order valence-corrected chi connectivity index (χ2v) is 6.59. The Morgan fingerprint density at radius 1 is 1.09 bits per heavy atom. The monoisotopic (exact) mass is 306 g/mol. The Balaban J connectivity index is 1.50. The first-order valence-electron chi connectivity index (χ1n) is 8.50. The fourth-order valence-corrected chi connectivity index (χ4v) is 2.81. The molecule has 0 spiro atoms. The molecule has 0 saturated heterocycles. The lowest BCUT2D eigenvalue weighted by Gasteiger charge is -2.25. The summed E-state index contributed by atoms with van der Waals surface area (Å²) in [5, 5.41) is 0. The number of benzene rings is 1. The third kappa shape index (κ3) is 4.08. The molecule has 0 heterocycles. The molecule has 22 heavy (non-hydrogen) atoms. The van der Waals surface area contributed by atoms with Crippen molar-refractivity contribution in [1.29, 1.82) is 0 Å². The minimum Gasteiger partial charge on any atom is -0.490 e. The summed E-state index contributed by atoms with van der Waals surface area (Å²) in [5.74, 6) is -0.0918. The first kappa shape index (κ1) is 15.5. The Morgan fingerprint density at radius 2 is 1.91 bits per heavy atom. The molecule has 0 bridgehead atoms. The molecular weight excluding hydrogens is 282 g/mol. The lowest BCUT2D eigenvalue weighted by molar-refractivity contribution is 0.215. The Bertz CT molecular complexity index is 530. The molecule has 0 amide bonds. The highest BCUT2D eigenvalue weighted by molar-refractivity contribution is 5.31. The van der Waals surface area contributed by atoms with Crippen LogP contribution in [0.1, 0.15) is 50.5 Å². The van der Waals surface area contributed by atoms with Crippen molar-refractivity contribution in [1.82, 2.24) is 0 Å². The third-order valence-corrected chi connectivity index (χ3v) is 4.75. The summed E-state index contributed by atoms with van der Waals surface area (Å²) in [5.41, 5.74) is 0.435. The van der Waals surface area contributed by atoms with E-state index in [2.05, 4.69) is 12.2 Å². The van der Waals surface area contributed by atoms with Crippen LogP contribution in [-0.4, -0.2) is 6.61 Å². The predicted octanol–water partition coefficient (Wildman–Crippen LogP) is 5.43. The first-order chi connectivity index (χ1) is 10.7. The van der Waals surface area contributed by atoms with Crippen LogP contribution >= 0.6 is 0 Å². The van der Waals surface area contributed by atoms with Gasteiger partial charge in [0.2, 0.25) is 5.82 Å². The van der Waals surface area contributed by atoms with Gasteiger partial charge in [-0.25, -0.2) is 4.39 Å². The minimum absolute atomic E-state index is 0.0501. The molecule has 0 atom stereocenters. The number of allylic oxidation sites excluding steroid dienone is 2. The van der Waals surface area contributed by atoms with Crippen LogP contribution in [0.2, 0.25) is 0 Å². The second kappa shape index (κ2) is 7.26. The van der Waals surface area contributed by atoms with Crippen molar-refractivity contribution < 1.29 is 13.5 Å². The molecule has 0 unspecified atom stereocenters. The van der Waals surface area contributed by atoms with Gasteiger partial charge in [0.1, 0.15) is 0 Å². The Kier molecular flexibility index (Phi) is 5.12. The molecule has 1 aromatic rings. The smallest absolute Gasteiger partial charge is 0.200 e. The SMILES string of the molecule is Fc1c(CC/C=C/C2CC2)ccc(OCCC2CCC2)c1F. The van der Waals surface area contributed by atoms with Crippen molar-refractivity contribution >= 4 is 0 Å². The molecule has 120 valence electrons. The van der Waals surface area contributed by atoms with Crippen LogP contribution < -0.4 is 4.74 Å². The van der Waals surface area contributed by atoms with E-state index in [-0.39, 0.29) is 5.75 Å². The van der Waals surface area contributed by atoms with Gasteiger partial charge in [-0.2, -0.15) is 4.39 Å². The Hall–Kier alpha value is -1.38. The topological polar surface area (TPSA) is 9.23 Å². The van der Waals surface area contributed by atoms with Gasteiger partial charge in [-0.1, -0.05) is 37.5 Å². The number of ether oxygens (including phenoxy) is 1. The van der Waals surface area contributed by atoms with E-state index in [1.807, 2.05) is 0 Å². The van der Waals surface area contributed by atoms with E-state index in [0.717, 1.165) is 18.8 Å². The van der Waals surface area contributed by atoms with E-state index in [4.69, 9.17) is 4.74 Å². The molecule has 0 aromatic heterocycles. The van der Waals surface area contributed by atoms with Gasteiger partial charge in [-0.05, 0) is 55.6 Å². The van der Waals surface area contributed by atoms with E-state index in [1.165, 1.54) is 32.1 Å². The summed E-state index contributed by atoms with van der Waals surface area (Å²) in [4.78, 5) is 0. The third-order valence-electron chi connectivity index (χ3n) is 4.75. The summed E-state index contributed by atoms with van der Waals surface area (Å²) < 4.78 is 33.5. The van der Waals surface area contributed by atoms with Crippen molar-refractivity contribution in [2.45, 2.75) is 51.4 Å². The molecular formula is C19H24F2O. The standard InChI is InChI=1S/C19H24F2O/c20-18-16(7-2-1-4-15-8-9-15)10-11-17(19(18)21)22-13-12-14-5-3-6-14/h1,4,10-11,14-15H,2-3,5-9,12-13H2/b4-1+. The molecule has 1 nitrogen and oxygen atoms in total. The van der Waals surface area contributed by atoms with Crippen molar-refractivity contribution in [3.63, 3.8) is 0 Å². The van der Waals surface area contributed by atoms with E-state index in [9.17, 15) is 8.78 Å². The first-order valence-corrected chi connectivity index (χ1v) is 8.50. The lowest BCUT2D eigenvalue weighted by atomic mass is 9.83. The number of rotatable bonds is 8. The van der Waals surface area contributed by atoms with Gasteiger partial charge in [-0.3, -0.25) is 0 Å². The Morgan fingerprint density at radius 3 is 2.59 bits per heavy atom. The van der Waals surface area contributed by atoms with Gasteiger partial charge >= 0.3 is 0 Å². The molecule has 1 aromatic carbocycles. The van der Waals surface area contributed by atoms with Crippen molar-refractivity contribution in [2.24, 2.45) is 11.8 Å². The molecule has 0 radical (unpaired) electrons. The van der Waals surface area contributed by atoms with Gasteiger partial charge < -0.3 is 4.74 Å². The maximum absolute atomic E-state index is 14.0. The molecule has 0 aliphatic heterocycles. The molecule has 2 aliphatic carbocycles. The van der Waals surface area contributed by atoms with E-state index in [1.54, 1.807) is 12.1 Å². The van der Waals surface area contributed by atoms with Gasteiger partial charge in [0, 0.05) is 0 Å². The number of hydrogen-bond acceptors (Lipinski definition) is 1. The highest BCUT2D eigenvalue weighted by Crippen LogP contribution is 2.31. The van der Waals surface area contributed by atoms with Crippen LogP contribution in [0.15, 0.2) is 24.3 Å².